The van der Waals surface area contributed by atoms with Crippen LogP contribution in [0.15, 0.2) is 47.5 Å². The number of phenolic OH excluding ortho intramolecular Hbond substituents is 1. The second-order valence-corrected chi connectivity index (χ2v) is 8.12. The van der Waals surface area contributed by atoms with Gasteiger partial charge in [-0.25, -0.2) is 0 Å². The number of aliphatic imine (C=N–C) groups is 1. The van der Waals surface area contributed by atoms with Gasteiger partial charge in [-0.15, -0.1) is 0 Å². The van der Waals surface area contributed by atoms with Crippen molar-refractivity contribution >= 4 is 11.6 Å². The van der Waals surface area contributed by atoms with Gasteiger partial charge >= 0.3 is 0 Å². The van der Waals surface area contributed by atoms with Crippen molar-refractivity contribution in [3.8, 4) is 17.2 Å². The first-order valence-corrected chi connectivity index (χ1v) is 10.3. The average Bonchev–Trinajstić information content (AvgIpc) is 3.22. The lowest BCUT2D eigenvalue weighted by Crippen LogP contribution is -2.56. The van der Waals surface area contributed by atoms with E-state index in [-0.39, 0.29) is 24.5 Å². The number of benzene rings is 2. The molecule has 0 unspecified atom stereocenters. The molecule has 1 fully saturated rings. The Bertz CT molecular complexity index is 1010. The summed E-state index contributed by atoms with van der Waals surface area (Å²) in [5.41, 5.74) is 2.35. The Morgan fingerprint density at radius 1 is 1.17 bits per heavy atom. The van der Waals surface area contributed by atoms with Crippen LogP contribution in [0.1, 0.15) is 43.4 Å². The van der Waals surface area contributed by atoms with Crippen LogP contribution in [0.5, 0.6) is 17.2 Å². The molecule has 0 saturated carbocycles. The van der Waals surface area contributed by atoms with Crippen molar-refractivity contribution in [1.29, 1.82) is 0 Å². The van der Waals surface area contributed by atoms with Crippen molar-refractivity contribution in [2.24, 2.45) is 4.99 Å². The van der Waals surface area contributed by atoms with Gasteiger partial charge in [0.1, 0.15) is 11.4 Å². The number of likely N-dealkylation sites (tertiary alicyclic amines) is 1. The van der Waals surface area contributed by atoms with Crippen LogP contribution in [0, 0.1) is 0 Å². The van der Waals surface area contributed by atoms with E-state index in [0.717, 1.165) is 41.2 Å². The summed E-state index contributed by atoms with van der Waals surface area (Å²) >= 11 is 0. The molecule has 2 aromatic rings. The average molecular weight is 407 g/mol. The fraction of sp³-hybridized carbons (Fsp3) is 0.391. The van der Waals surface area contributed by atoms with Crippen molar-refractivity contribution in [1.82, 2.24) is 10.2 Å². The zero-order valence-corrected chi connectivity index (χ0v) is 16.9. The summed E-state index contributed by atoms with van der Waals surface area (Å²) in [6.07, 6.45) is 2.10. The lowest BCUT2D eigenvalue weighted by atomic mass is 9.87. The second kappa shape index (κ2) is 7.32. The molecule has 0 aromatic heterocycles. The summed E-state index contributed by atoms with van der Waals surface area (Å²) in [6.45, 7) is 3.16. The molecule has 0 bridgehead atoms. The van der Waals surface area contributed by atoms with Crippen LogP contribution in [0.2, 0.25) is 0 Å². The predicted molar refractivity (Wildman–Crippen MR) is 112 cm³/mol. The van der Waals surface area contributed by atoms with Gasteiger partial charge in [-0.3, -0.25) is 15.1 Å². The van der Waals surface area contributed by atoms with E-state index in [0.29, 0.717) is 19.5 Å². The molecule has 1 amide bonds. The number of para-hydroxylation sites is 1. The second-order valence-electron chi connectivity index (χ2n) is 8.12. The summed E-state index contributed by atoms with van der Waals surface area (Å²) in [4.78, 5) is 18.8. The quantitative estimate of drug-likeness (QED) is 0.800. The molecule has 1 saturated heterocycles. The van der Waals surface area contributed by atoms with E-state index in [1.807, 2.05) is 41.3 Å². The van der Waals surface area contributed by atoms with Crippen molar-refractivity contribution in [2.45, 2.75) is 37.9 Å². The standard InChI is InChI=1S/C23H25N3O4/c1-15(27)26-10-8-23(9-11-26)24-18(16-6-7-21-22(12-16)30-14-29-21)13-19(25-23)17-4-2-3-5-20(17)28/h2-7,12,19,25,28H,8-11,13-14H2,1H3/t19-/m0/s1. The normalized spacial score (nSPS) is 22.1. The van der Waals surface area contributed by atoms with Gasteiger partial charge in [0, 0.05) is 56.6 Å². The number of piperidine rings is 1. The van der Waals surface area contributed by atoms with Crippen LogP contribution in [-0.2, 0) is 4.79 Å². The maximum absolute atomic E-state index is 11.8. The van der Waals surface area contributed by atoms with E-state index in [4.69, 9.17) is 14.5 Å². The van der Waals surface area contributed by atoms with E-state index in [2.05, 4.69) is 5.32 Å². The molecular formula is C23H25N3O4. The Morgan fingerprint density at radius 2 is 1.93 bits per heavy atom. The number of phenols is 1. The molecule has 2 aromatic carbocycles. The molecular weight excluding hydrogens is 382 g/mol. The van der Waals surface area contributed by atoms with E-state index >= 15 is 0 Å². The topological polar surface area (TPSA) is 83.4 Å². The van der Waals surface area contributed by atoms with E-state index in [1.54, 1.807) is 13.0 Å². The lowest BCUT2D eigenvalue weighted by molar-refractivity contribution is -0.130. The Labute approximate surface area is 175 Å². The van der Waals surface area contributed by atoms with Gasteiger partial charge < -0.3 is 19.5 Å². The first-order chi connectivity index (χ1) is 14.5. The number of hydrogen-bond donors (Lipinski definition) is 2. The highest BCUT2D eigenvalue weighted by molar-refractivity contribution is 6.02. The summed E-state index contributed by atoms with van der Waals surface area (Å²) < 4.78 is 11.0. The van der Waals surface area contributed by atoms with Crippen LogP contribution in [0.4, 0.5) is 0 Å². The minimum Gasteiger partial charge on any atom is -0.508 e. The zero-order valence-electron chi connectivity index (χ0n) is 16.9. The Kier molecular flexibility index (Phi) is 4.62. The van der Waals surface area contributed by atoms with Crippen LogP contribution in [0.3, 0.4) is 0 Å². The monoisotopic (exact) mass is 407 g/mol. The number of ether oxygens (including phenoxy) is 2. The highest BCUT2D eigenvalue weighted by atomic mass is 16.7. The molecule has 0 radical (unpaired) electrons. The number of amides is 1. The number of hydrogen-bond acceptors (Lipinski definition) is 6. The van der Waals surface area contributed by atoms with Crippen molar-refractivity contribution in [3.63, 3.8) is 0 Å². The number of nitrogens with one attached hydrogen (secondary N) is 1. The third-order valence-electron chi connectivity index (χ3n) is 6.24. The predicted octanol–water partition coefficient (Wildman–Crippen LogP) is 2.98. The molecule has 1 atom stereocenters. The highest BCUT2D eigenvalue weighted by Gasteiger charge is 2.41. The number of aromatic hydroxyl groups is 1. The molecule has 2 N–H and O–H groups in total. The SMILES string of the molecule is CC(=O)N1CCC2(CC1)N=C(c1ccc3c(c1)OCO3)C[C@@H](c1ccccc1O)N2. The van der Waals surface area contributed by atoms with E-state index < -0.39 is 5.66 Å². The van der Waals surface area contributed by atoms with Gasteiger partial charge in [-0.1, -0.05) is 18.2 Å². The van der Waals surface area contributed by atoms with Gasteiger partial charge in [-0.05, 0) is 29.8 Å². The Morgan fingerprint density at radius 3 is 2.70 bits per heavy atom. The van der Waals surface area contributed by atoms with Gasteiger partial charge in [-0.2, -0.15) is 0 Å². The maximum Gasteiger partial charge on any atom is 0.231 e. The van der Waals surface area contributed by atoms with Gasteiger partial charge in [0.15, 0.2) is 11.5 Å². The van der Waals surface area contributed by atoms with Crippen LogP contribution in [-0.4, -0.2) is 47.2 Å². The molecule has 0 aliphatic carbocycles. The van der Waals surface area contributed by atoms with Gasteiger partial charge in [0.05, 0.1) is 0 Å². The van der Waals surface area contributed by atoms with E-state index in [1.165, 1.54) is 0 Å². The molecule has 5 rings (SSSR count). The van der Waals surface area contributed by atoms with Gasteiger partial charge in [0.25, 0.3) is 0 Å². The van der Waals surface area contributed by atoms with Crippen molar-refractivity contribution < 1.29 is 19.4 Å². The van der Waals surface area contributed by atoms with Crippen molar-refractivity contribution in [2.75, 3.05) is 19.9 Å². The molecule has 7 heteroatoms. The van der Waals surface area contributed by atoms with E-state index in [9.17, 15) is 9.90 Å². The number of carbonyl (C=O) groups excluding carboxylic acids is 1. The number of rotatable bonds is 2. The fourth-order valence-corrected chi connectivity index (χ4v) is 4.58. The largest absolute Gasteiger partial charge is 0.508 e. The number of nitrogens with zero attached hydrogens (tertiary/aromatic N) is 2. The molecule has 156 valence electrons. The smallest absolute Gasteiger partial charge is 0.231 e. The Balaban J connectivity index is 1.52. The van der Waals surface area contributed by atoms with Crippen LogP contribution < -0.4 is 14.8 Å². The first-order valence-electron chi connectivity index (χ1n) is 10.3. The fourth-order valence-electron chi connectivity index (χ4n) is 4.58. The third kappa shape index (κ3) is 3.39. The third-order valence-corrected chi connectivity index (χ3v) is 6.24. The lowest BCUT2D eigenvalue weighted by Gasteiger charge is -2.45. The Hall–Kier alpha value is -3.06. The maximum atomic E-state index is 11.8. The number of fused-ring (bicyclic) bond motifs is 1. The number of carbonyl (C=O) groups is 1. The molecule has 7 nitrogen and oxygen atoms in total. The molecule has 30 heavy (non-hydrogen) atoms. The molecule has 3 aliphatic rings. The van der Waals surface area contributed by atoms with Crippen molar-refractivity contribution in [3.05, 3.63) is 53.6 Å². The highest BCUT2D eigenvalue weighted by Crippen LogP contribution is 2.39. The molecule has 1 spiro atoms. The molecule has 3 heterocycles. The molecule has 3 aliphatic heterocycles. The summed E-state index contributed by atoms with van der Waals surface area (Å²) in [5, 5.41) is 14.2. The summed E-state index contributed by atoms with van der Waals surface area (Å²) in [6, 6.07) is 13.3. The summed E-state index contributed by atoms with van der Waals surface area (Å²) in [7, 11) is 0. The minimum absolute atomic E-state index is 0.0759. The van der Waals surface area contributed by atoms with Crippen LogP contribution >= 0.6 is 0 Å². The first kappa shape index (κ1) is 18.9. The summed E-state index contributed by atoms with van der Waals surface area (Å²) in [5.74, 6) is 1.85. The van der Waals surface area contributed by atoms with Gasteiger partial charge in [0.2, 0.25) is 12.7 Å². The van der Waals surface area contributed by atoms with Crippen LogP contribution in [0.25, 0.3) is 0 Å². The minimum atomic E-state index is -0.469. The zero-order chi connectivity index (χ0) is 20.7.